The van der Waals surface area contributed by atoms with Gasteiger partial charge in [-0.2, -0.15) is 0 Å². The van der Waals surface area contributed by atoms with Gasteiger partial charge in [0.25, 0.3) is 0 Å². The van der Waals surface area contributed by atoms with E-state index in [1.165, 1.54) is 0 Å². The molecule has 2 aromatic rings. The van der Waals surface area contributed by atoms with Crippen LogP contribution in [0.4, 0.5) is 0 Å². The summed E-state index contributed by atoms with van der Waals surface area (Å²) in [6.45, 7) is 0. The van der Waals surface area contributed by atoms with E-state index in [1.807, 2.05) is 48.5 Å². The molecule has 0 atom stereocenters. The third-order valence-electron chi connectivity index (χ3n) is 2.97. The van der Waals surface area contributed by atoms with Crippen LogP contribution < -0.4 is 10.1 Å². The van der Waals surface area contributed by atoms with Crippen molar-refractivity contribution < 1.29 is 9.53 Å². The number of hydrogen-bond acceptors (Lipinski definition) is 2. The Morgan fingerprint density at radius 2 is 1.79 bits per heavy atom. The molecule has 1 N–H and O–H groups in total. The van der Waals surface area contributed by atoms with Crippen LogP contribution in [0.5, 0.6) is 5.75 Å². The lowest BCUT2D eigenvalue weighted by atomic mass is 10.0. The molecule has 19 heavy (non-hydrogen) atoms. The summed E-state index contributed by atoms with van der Waals surface area (Å²) < 4.78 is 5.22. The maximum absolute atomic E-state index is 11.4. The molecule has 0 heterocycles. The van der Waals surface area contributed by atoms with Crippen LogP contribution in [0.2, 0.25) is 0 Å². The Kier molecular flexibility index (Phi) is 4.18. The second kappa shape index (κ2) is 6.05. The second-order valence-corrected chi connectivity index (χ2v) is 4.28. The van der Waals surface area contributed by atoms with Crippen molar-refractivity contribution in [2.75, 3.05) is 14.2 Å². The highest BCUT2D eigenvalue weighted by Gasteiger charge is 2.04. The first-order valence-electron chi connectivity index (χ1n) is 6.17. The molecule has 0 bridgehead atoms. The number of methoxy groups -OCH3 is 1. The van der Waals surface area contributed by atoms with Gasteiger partial charge >= 0.3 is 0 Å². The van der Waals surface area contributed by atoms with Crippen molar-refractivity contribution in [2.24, 2.45) is 0 Å². The lowest BCUT2D eigenvalue weighted by Crippen LogP contribution is -2.19. The predicted octanol–water partition coefficient (Wildman–Crippen LogP) is 2.65. The molecular weight excluding hydrogens is 238 g/mol. The molecule has 0 aliphatic heterocycles. The molecule has 3 nitrogen and oxygen atoms in total. The highest BCUT2D eigenvalue weighted by Crippen LogP contribution is 2.24. The first kappa shape index (κ1) is 13.1. The van der Waals surface area contributed by atoms with Gasteiger partial charge in [0.05, 0.1) is 13.5 Å². The van der Waals surface area contributed by atoms with Gasteiger partial charge in [-0.3, -0.25) is 4.79 Å². The normalized spacial score (nSPS) is 10.0. The van der Waals surface area contributed by atoms with E-state index in [0.717, 1.165) is 22.4 Å². The third-order valence-corrected chi connectivity index (χ3v) is 2.97. The topological polar surface area (TPSA) is 38.3 Å². The Labute approximate surface area is 113 Å². The van der Waals surface area contributed by atoms with Gasteiger partial charge in [0.15, 0.2) is 0 Å². The largest absolute Gasteiger partial charge is 0.497 e. The minimum absolute atomic E-state index is 0.0165. The molecule has 0 fully saturated rings. The number of carbonyl (C=O) groups is 1. The summed E-state index contributed by atoms with van der Waals surface area (Å²) in [5, 5.41) is 2.63. The zero-order chi connectivity index (χ0) is 13.7. The number of amides is 1. The number of benzene rings is 2. The summed E-state index contributed by atoms with van der Waals surface area (Å²) in [6, 6.07) is 15.9. The standard InChI is InChI=1S/C16H17NO2/c1-17-16(18)10-12-5-3-6-13(9-12)14-7-4-8-15(11-14)19-2/h3-9,11H,10H2,1-2H3,(H,17,18). The molecule has 0 unspecified atom stereocenters. The molecule has 3 heteroatoms. The highest BCUT2D eigenvalue weighted by atomic mass is 16.5. The highest BCUT2D eigenvalue weighted by molar-refractivity contribution is 5.79. The fourth-order valence-corrected chi connectivity index (χ4v) is 1.94. The molecule has 1 amide bonds. The lowest BCUT2D eigenvalue weighted by molar-refractivity contribution is -0.119. The monoisotopic (exact) mass is 255 g/mol. The number of nitrogens with one attached hydrogen (secondary N) is 1. The summed E-state index contributed by atoms with van der Waals surface area (Å²) >= 11 is 0. The molecule has 0 aromatic heterocycles. The molecule has 0 spiro atoms. The molecule has 0 saturated carbocycles. The van der Waals surface area contributed by atoms with Crippen molar-refractivity contribution in [1.29, 1.82) is 0 Å². The van der Waals surface area contributed by atoms with E-state index in [-0.39, 0.29) is 5.91 Å². The van der Waals surface area contributed by atoms with Crippen molar-refractivity contribution in [1.82, 2.24) is 5.32 Å². The number of rotatable bonds is 4. The van der Waals surface area contributed by atoms with Crippen molar-refractivity contribution in [3.63, 3.8) is 0 Å². The Hall–Kier alpha value is -2.29. The van der Waals surface area contributed by atoms with Crippen LogP contribution in [0.3, 0.4) is 0 Å². The number of hydrogen-bond donors (Lipinski definition) is 1. The van der Waals surface area contributed by atoms with Gasteiger partial charge < -0.3 is 10.1 Å². The summed E-state index contributed by atoms with van der Waals surface area (Å²) in [6.07, 6.45) is 0.397. The molecule has 98 valence electrons. The van der Waals surface area contributed by atoms with Gasteiger partial charge in [0.2, 0.25) is 5.91 Å². The van der Waals surface area contributed by atoms with Gasteiger partial charge in [-0.15, -0.1) is 0 Å². The minimum atomic E-state index is 0.0165. The first-order chi connectivity index (χ1) is 9.22. The van der Waals surface area contributed by atoms with Crippen LogP contribution in [0.1, 0.15) is 5.56 Å². The Bertz CT molecular complexity index is 578. The number of likely N-dealkylation sites (N-methyl/N-ethyl adjacent to an activating group) is 1. The molecule has 0 aliphatic rings. The zero-order valence-corrected chi connectivity index (χ0v) is 11.1. The van der Waals surface area contributed by atoms with Crippen LogP contribution in [0.15, 0.2) is 48.5 Å². The SMILES string of the molecule is CNC(=O)Cc1cccc(-c2cccc(OC)c2)c1. The average molecular weight is 255 g/mol. The van der Waals surface area contributed by atoms with Crippen molar-refractivity contribution in [3.05, 3.63) is 54.1 Å². The lowest BCUT2D eigenvalue weighted by Gasteiger charge is -2.07. The Morgan fingerprint density at radius 1 is 1.11 bits per heavy atom. The van der Waals surface area contributed by atoms with E-state index in [2.05, 4.69) is 5.32 Å². The van der Waals surface area contributed by atoms with Crippen molar-refractivity contribution in [2.45, 2.75) is 6.42 Å². The van der Waals surface area contributed by atoms with E-state index >= 15 is 0 Å². The Morgan fingerprint density at radius 3 is 2.47 bits per heavy atom. The second-order valence-electron chi connectivity index (χ2n) is 4.28. The van der Waals surface area contributed by atoms with E-state index in [0.29, 0.717) is 6.42 Å². The summed E-state index contributed by atoms with van der Waals surface area (Å²) in [7, 11) is 3.30. The van der Waals surface area contributed by atoms with Crippen molar-refractivity contribution in [3.8, 4) is 16.9 Å². The smallest absolute Gasteiger partial charge is 0.224 e. The predicted molar refractivity (Wildman–Crippen MR) is 76.2 cm³/mol. The van der Waals surface area contributed by atoms with Gasteiger partial charge in [-0.1, -0.05) is 36.4 Å². The minimum Gasteiger partial charge on any atom is -0.497 e. The van der Waals surface area contributed by atoms with E-state index in [1.54, 1.807) is 14.2 Å². The van der Waals surface area contributed by atoms with Crippen LogP contribution in [0, 0.1) is 0 Å². The van der Waals surface area contributed by atoms with Crippen molar-refractivity contribution >= 4 is 5.91 Å². The van der Waals surface area contributed by atoms with E-state index < -0.39 is 0 Å². The van der Waals surface area contributed by atoms with E-state index in [4.69, 9.17) is 4.74 Å². The Balaban J connectivity index is 2.29. The number of ether oxygens (including phenoxy) is 1. The van der Waals surface area contributed by atoms with Gasteiger partial charge in [-0.25, -0.2) is 0 Å². The molecule has 2 aromatic carbocycles. The van der Waals surface area contributed by atoms with Crippen LogP contribution in [-0.2, 0) is 11.2 Å². The molecule has 0 aliphatic carbocycles. The summed E-state index contributed by atoms with van der Waals surface area (Å²) in [5.74, 6) is 0.844. The van der Waals surface area contributed by atoms with Gasteiger partial charge in [0.1, 0.15) is 5.75 Å². The van der Waals surface area contributed by atoms with Crippen LogP contribution in [-0.4, -0.2) is 20.1 Å². The number of carbonyl (C=O) groups excluding carboxylic acids is 1. The summed E-state index contributed by atoms with van der Waals surface area (Å²) in [5.41, 5.74) is 3.16. The van der Waals surface area contributed by atoms with E-state index in [9.17, 15) is 4.79 Å². The average Bonchev–Trinajstić information content (AvgIpc) is 2.47. The maximum Gasteiger partial charge on any atom is 0.224 e. The fourth-order valence-electron chi connectivity index (χ4n) is 1.94. The molecule has 0 saturated heterocycles. The molecular formula is C16H17NO2. The first-order valence-corrected chi connectivity index (χ1v) is 6.17. The quantitative estimate of drug-likeness (QED) is 0.912. The third kappa shape index (κ3) is 3.35. The van der Waals surface area contributed by atoms with Crippen LogP contribution >= 0.6 is 0 Å². The molecule has 2 rings (SSSR count). The van der Waals surface area contributed by atoms with Crippen LogP contribution in [0.25, 0.3) is 11.1 Å². The fraction of sp³-hybridized carbons (Fsp3) is 0.188. The zero-order valence-electron chi connectivity index (χ0n) is 11.1. The maximum atomic E-state index is 11.4. The summed E-state index contributed by atoms with van der Waals surface area (Å²) in [4.78, 5) is 11.4. The van der Waals surface area contributed by atoms with Gasteiger partial charge in [0, 0.05) is 7.05 Å². The van der Waals surface area contributed by atoms with Gasteiger partial charge in [-0.05, 0) is 28.8 Å². The molecule has 0 radical (unpaired) electrons.